The van der Waals surface area contributed by atoms with Crippen LogP contribution in [0.5, 0.6) is 5.75 Å². The maximum Gasteiger partial charge on any atom is 0.246 e. The molecule has 0 saturated carbocycles. The number of guanidine groups is 1. The Hall–Kier alpha value is -7.09. The number of phenolic OH excluding ortho intramolecular Hbond substituents is 1. The third kappa shape index (κ3) is 21.3. The van der Waals surface area contributed by atoms with E-state index in [-0.39, 0.29) is 87.2 Å². The predicted octanol–water partition coefficient (Wildman–Crippen LogP) is -3.10. The number of hydrogen-bond acceptors (Lipinski definition) is 14. The predicted molar refractivity (Wildman–Crippen MR) is 276 cm³/mol. The minimum atomic E-state index is -1.68. The van der Waals surface area contributed by atoms with Gasteiger partial charge in [-0.25, -0.2) is 0 Å². The van der Waals surface area contributed by atoms with Crippen LogP contribution < -0.4 is 60.2 Å². The summed E-state index contributed by atoms with van der Waals surface area (Å²) in [5, 5.41) is 27.8. The second-order valence-electron chi connectivity index (χ2n) is 17.8. The van der Waals surface area contributed by atoms with Gasteiger partial charge >= 0.3 is 0 Å². The molecule has 1 heterocycles. The number of primary amides is 2. The van der Waals surface area contributed by atoms with Gasteiger partial charge in [0.15, 0.2) is 5.96 Å². The van der Waals surface area contributed by atoms with Crippen molar-refractivity contribution >= 4 is 90.3 Å². The normalized spacial score (nSPS) is 15.5. The largest absolute Gasteiger partial charge is 0.508 e. The minimum Gasteiger partial charge on any atom is -0.508 e. The highest BCUT2D eigenvalue weighted by molar-refractivity contribution is 7.80. The van der Waals surface area contributed by atoms with Gasteiger partial charge in [-0.05, 0) is 67.0 Å². The van der Waals surface area contributed by atoms with Crippen molar-refractivity contribution in [1.82, 2.24) is 42.1 Å². The van der Waals surface area contributed by atoms with Crippen LogP contribution in [-0.2, 0) is 60.8 Å². The summed E-state index contributed by atoms with van der Waals surface area (Å²) in [7, 11) is 0. The second-order valence-corrected chi connectivity index (χ2v) is 18.6. The molecule has 0 aromatic heterocycles. The number of nitrogens with one attached hydrogen (secondary N) is 7. The van der Waals surface area contributed by atoms with Gasteiger partial charge < -0.3 is 70.2 Å². The molecule has 1 aliphatic rings. The Bertz CT molecular complexity index is 2270. The van der Waals surface area contributed by atoms with Crippen molar-refractivity contribution in [3.05, 3.63) is 65.7 Å². The lowest BCUT2D eigenvalue weighted by Crippen LogP contribution is -2.61. The van der Waals surface area contributed by atoms with Crippen LogP contribution in [0, 0.1) is 5.92 Å². The van der Waals surface area contributed by atoms with Crippen LogP contribution >= 0.6 is 25.3 Å². The third-order valence-electron chi connectivity index (χ3n) is 11.3. The van der Waals surface area contributed by atoms with Crippen molar-refractivity contribution in [2.75, 3.05) is 31.1 Å². The molecule has 3 rings (SSSR count). The monoisotopic (exact) mass is 1060 g/mol. The zero-order valence-electron chi connectivity index (χ0n) is 40.8. The van der Waals surface area contributed by atoms with Crippen LogP contribution in [0.3, 0.4) is 0 Å². The Morgan fingerprint density at radius 3 is 1.82 bits per heavy atom. The summed E-state index contributed by atoms with van der Waals surface area (Å²) in [5.41, 5.74) is 22.7. The highest BCUT2D eigenvalue weighted by Gasteiger charge is 2.40. The van der Waals surface area contributed by atoms with Crippen molar-refractivity contribution < 1.29 is 53.1 Å². The number of aromatic hydroxyl groups is 1. The summed E-state index contributed by atoms with van der Waals surface area (Å²) in [6, 6.07) is 5.34. The van der Waals surface area contributed by atoms with E-state index in [0.717, 1.165) is 0 Å². The number of thiol groups is 2. The van der Waals surface area contributed by atoms with Gasteiger partial charge in [0.25, 0.3) is 0 Å². The summed E-state index contributed by atoms with van der Waals surface area (Å²) in [6.07, 6.45) is 0.0289. The Labute approximate surface area is 434 Å². The van der Waals surface area contributed by atoms with Crippen LogP contribution in [-0.4, -0.2) is 148 Å². The molecule has 16 N–H and O–H groups in total. The number of phenols is 1. The van der Waals surface area contributed by atoms with Crippen LogP contribution in [0.4, 0.5) is 0 Å². The van der Waals surface area contributed by atoms with Crippen molar-refractivity contribution in [3.8, 4) is 5.75 Å². The molecule has 1 fully saturated rings. The SMILES string of the molecule is CC(C)C[C@H](NC(=O)[C@H](CC(N)=O)NC(=O)[C@H](Cc1ccccc1)NC(=O)[C@H](Cc1ccc(O)cc1)NC(=O)CCS)C(=O)N[C@@H](CS)C(=O)N1CCC[C@H]1C(=O)N[C@H](CCCN=C(N)N)C(=O)NCC(N)=O. The zero-order chi connectivity index (χ0) is 54.2. The number of likely N-dealkylation sites (tertiary alicyclic amines) is 1. The number of amides is 10. The van der Waals surface area contributed by atoms with Gasteiger partial charge in [0, 0.05) is 38.1 Å². The first-order chi connectivity index (χ1) is 34.6. The number of nitrogens with zero attached hydrogens (tertiary/aromatic N) is 2. The lowest BCUT2D eigenvalue weighted by molar-refractivity contribution is -0.142. The molecule has 0 radical (unpaired) electrons. The molecule has 0 aliphatic carbocycles. The fourth-order valence-corrected chi connectivity index (χ4v) is 8.18. The van der Waals surface area contributed by atoms with Crippen LogP contribution in [0.1, 0.15) is 69.9 Å². The smallest absolute Gasteiger partial charge is 0.246 e. The maximum atomic E-state index is 14.2. The van der Waals surface area contributed by atoms with Gasteiger partial charge in [-0.15, -0.1) is 0 Å². The Morgan fingerprint density at radius 1 is 0.685 bits per heavy atom. The standard InChI is InChI=1S/C47H69N13O11S2/c1-26(2)20-31(41(66)59-35(25-73)46(71)60-18-7-11-36(60)45(70)55-30(10-6-17-52-47(50)51)40(65)53-24-38(49)63)56-44(69)34(23-37(48)62)58-43(68)33(21-27-8-4-3-5-9-27)57-42(67)32(54-39(64)16-19-72)22-28-12-14-29(61)15-13-28/h3-5,8-9,12-15,26,30-36,61,72-73H,6-7,10-11,16-25H2,1-2H3,(H2,48,62)(H2,49,63)(H,53,65)(H,54,64)(H,55,70)(H,56,69)(H,57,67)(H,58,68)(H,59,66)(H4,50,51,52)/t30-,31+,32+,33+,34+,35+,36+/m1/s1. The molecule has 7 atom stereocenters. The number of aliphatic imine (C=N–C) groups is 1. The molecule has 26 heteroatoms. The average Bonchev–Trinajstić information content (AvgIpc) is 3.83. The van der Waals surface area contributed by atoms with E-state index in [1.807, 2.05) is 0 Å². The maximum absolute atomic E-state index is 14.2. The van der Waals surface area contributed by atoms with Crippen LogP contribution in [0.2, 0.25) is 0 Å². The third-order valence-corrected chi connectivity index (χ3v) is 11.9. The molecule has 73 heavy (non-hydrogen) atoms. The first kappa shape index (κ1) is 60.2. The number of hydrogen-bond donors (Lipinski definition) is 14. The molecule has 0 unspecified atom stereocenters. The fourth-order valence-electron chi connectivity index (χ4n) is 7.73. The molecule has 1 saturated heterocycles. The highest BCUT2D eigenvalue weighted by Crippen LogP contribution is 2.20. The van der Waals surface area contributed by atoms with Crippen LogP contribution in [0.15, 0.2) is 59.6 Å². The van der Waals surface area contributed by atoms with E-state index >= 15 is 0 Å². The molecule has 0 spiro atoms. The molecule has 24 nitrogen and oxygen atoms in total. The minimum absolute atomic E-state index is 0.00742. The van der Waals surface area contributed by atoms with E-state index in [9.17, 15) is 53.1 Å². The van der Waals surface area contributed by atoms with Gasteiger partial charge in [-0.3, -0.25) is 52.9 Å². The Kier molecular flexibility index (Phi) is 25.3. The number of benzene rings is 2. The van der Waals surface area contributed by atoms with E-state index in [4.69, 9.17) is 22.9 Å². The lowest BCUT2D eigenvalue weighted by Gasteiger charge is -2.30. The fraction of sp³-hybridized carbons (Fsp3) is 0.511. The topological polar surface area (TPSA) is 395 Å². The summed E-state index contributed by atoms with van der Waals surface area (Å²) < 4.78 is 0. The molecule has 2 aromatic rings. The molecule has 0 bridgehead atoms. The summed E-state index contributed by atoms with van der Waals surface area (Å²) in [4.78, 5) is 139. The van der Waals surface area contributed by atoms with E-state index in [2.05, 4.69) is 67.5 Å². The summed E-state index contributed by atoms with van der Waals surface area (Å²) in [6.45, 7) is 3.28. The number of carbonyl (C=O) groups excluding carboxylic acids is 10. The van der Waals surface area contributed by atoms with Gasteiger partial charge in [0.2, 0.25) is 59.1 Å². The van der Waals surface area contributed by atoms with Crippen molar-refractivity contribution in [1.29, 1.82) is 0 Å². The molecule has 10 amide bonds. The number of nitrogens with two attached hydrogens (primary N) is 4. The first-order valence-electron chi connectivity index (χ1n) is 23.7. The van der Waals surface area contributed by atoms with Gasteiger partial charge in [0.1, 0.15) is 48.0 Å². The summed E-state index contributed by atoms with van der Waals surface area (Å²) >= 11 is 8.42. The van der Waals surface area contributed by atoms with E-state index in [1.165, 1.54) is 17.0 Å². The molecular formula is C47H69N13O11S2. The number of carbonyl (C=O) groups is 10. The number of rotatable bonds is 30. The molecular weight excluding hydrogens is 987 g/mol. The zero-order valence-corrected chi connectivity index (χ0v) is 42.6. The molecule has 2 aromatic carbocycles. The van der Waals surface area contributed by atoms with Crippen molar-refractivity contribution in [2.24, 2.45) is 33.8 Å². The Balaban J connectivity index is 1.83. The van der Waals surface area contributed by atoms with E-state index in [0.29, 0.717) is 17.5 Å². The van der Waals surface area contributed by atoms with Gasteiger partial charge in [-0.1, -0.05) is 56.3 Å². The molecule has 400 valence electrons. The quantitative estimate of drug-likeness (QED) is 0.0160. The van der Waals surface area contributed by atoms with E-state index in [1.54, 1.807) is 56.3 Å². The van der Waals surface area contributed by atoms with Crippen molar-refractivity contribution in [3.63, 3.8) is 0 Å². The second kappa shape index (κ2) is 30.7. The average molecular weight is 1060 g/mol. The first-order valence-corrected chi connectivity index (χ1v) is 24.9. The summed E-state index contributed by atoms with van der Waals surface area (Å²) in [5.74, 6) is -8.37. The Morgan fingerprint density at radius 2 is 1.25 bits per heavy atom. The van der Waals surface area contributed by atoms with Gasteiger partial charge in [0.05, 0.1) is 13.0 Å². The highest BCUT2D eigenvalue weighted by atomic mass is 32.1. The van der Waals surface area contributed by atoms with Crippen molar-refractivity contribution in [2.45, 2.75) is 114 Å². The van der Waals surface area contributed by atoms with E-state index < -0.39 is 114 Å². The molecule has 1 aliphatic heterocycles. The van der Waals surface area contributed by atoms with Gasteiger partial charge in [-0.2, -0.15) is 25.3 Å². The van der Waals surface area contributed by atoms with Crippen LogP contribution in [0.25, 0.3) is 0 Å². The lowest BCUT2D eigenvalue weighted by atomic mass is 10.0.